The number of amides is 1. The van der Waals surface area contributed by atoms with Crippen LogP contribution in [0.1, 0.15) is 23.2 Å². The molecule has 0 saturated carbocycles. The predicted octanol–water partition coefficient (Wildman–Crippen LogP) is 4.05. The average Bonchev–Trinajstić information content (AvgIpc) is 3.06. The fourth-order valence-electron chi connectivity index (χ4n) is 2.76. The summed E-state index contributed by atoms with van der Waals surface area (Å²) in [5, 5.41) is 6.71. The molecule has 1 atom stereocenters. The monoisotopic (exact) mass is 368 g/mol. The molecule has 6 heteroatoms. The lowest BCUT2D eigenvalue weighted by Gasteiger charge is -2.12. The van der Waals surface area contributed by atoms with E-state index in [1.54, 1.807) is 18.2 Å². The van der Waals surface area contributed by atoms with E-state index < -0.39 is 5.82 Å². The van der Waals surface area contributed by atoms with E-state index >= 15 is 0 Å². The maximum absolute atomic E-state index is 14.3. The number of hydrogen-bond acceptors (Lipinski definition) is 2. The Bertz CT molecular complexity index is 701. The Kier molecular flexibility index (Phi) is 6.60. The molecule has 1 amide bonds. The van der Waals surface area contributed by atoms with Crippen LogP contribution in [0.25, 0.3) is 11.1 Å². The summed E-state index contributed by atoms with van der Waals surface area (Å²) in [6.07, 6.45) is 2.16. The third-order valence-electron chi connectivity index (χ3n) is 4.06. The van der Waals surface area contributed by atoms with Crippen LogP contribution in [-0.2, 0) is 0 Å². The van der Waals surface area contributed by atoms with Gasteiger partial charge in [0.25, 0.3) is 5.91 Å². The van der Waals surface area contributed by atoms with E-state index in [0.717, 1.165) is 24.9 Å². The Labute approximate surface area is 152 Å². The van der Waals surface area contributed by atoms with Crippen molar-refractivity contribution in [1.29, 1.82) is 0 Å². The minimum Gasteiger partial charge on any atom is -0.350 e. The molecule has 1 saturated heterocycles. The summed E-state index contributed by atoms with van der Waals surface area (Å²) in [7, 11) is 0. The van der Waals surface area contributed by atoms with Gasteiger partial charge < -0.3 is 10.6 Å². The summed E-state index contributed by atoms with van der Waals surface area (Å²) >= 11 is 5.85. The molecule has 0 aliphatic carbocycles. The van der Waals surface area contributed by atoms with Gasteiger partial charge in [0, 0.05) is 17.6 Å². The topological polar surface area (TPSA) is 41.1 Å². The van der Waals surface area contributed by atoms with E-state index in [-0.39, 0.29) is 29.9 Å². The number of nitrogens with one attached hydrogen (secondary N) is 2. The summed E-state index contributed by atoms with van der Waals surface area (Å²) in [5.41, 5.74) is 1.64. The first kappa shape index (κ1) is 18.7. The minimum absolute atomic E-state index is 0. The number of benzene rings is 2. The molecule has 0 aromatic heterocycles. The highest BCUT2D eigenvalue weighted by Crippen LogP contribution is 2.23. The van der Waals surface area contributed by atoms with Gasteiger partial charge in [-0.05, 0) is 54.8 Å². The zero-order valence-corrected chi connectivity index (χ0v) is 14.6. The third kappa shape index (κ3) is 4.47. The number of halogens is 3. The molecule has 0 spiro atoms. The van der Waals surface area contributed by atoms with Crippen LogP contribution >= 0.6 is 24.0 Å². The van der Waals surface area contributed by atoms with Crippen molar-refractivity contribution in [3.05, 3.63) is 58.9 Å². The van der Waals surface area contributed by atoms with Crippen molar-refractivity contribution in [3.63, 3.8) is 0 Å². The van der Waals surface area contributed by atoms with E-state index in [9.17, 15) is 9.18 Å². The van der Waals surface area contributed by atoms with Crippen molar-refractivity contribution in [2.24, 2.45) is 0 Å². The lowest BCUT2D eigenvalue weighted by molar-refractivity contribution is 0.0946. The molecule has 1 fully saturated rings. The molecule has 2 aromatic carbocycles. The van der Waals surface area contributed by atoms with E-state index in [2.05, 4.69) is 10.6 Å². The third-order valence-corrected chi connectivity index (χ3v) is 4.31. The summed E-state index contributed by atoms with van der Waals surface area (Å²) < 4.78 is 14.3. The smallest absolute Gasteiger partial charge is 0.254 e. The molecule has 1 aliphatic rings. The van der Waals surface area contributed by atoms with Crippen LogP contribution in [-0.4, -0.2) is 25.0 Å². The van der Waals surface area contributed by atoms with Crippen molar-refractivity contribution >= 4 is 29.9 Å². The Hall–Kier alpha value is -1.62. The summed E-state index contributed by atoms with van der Waals surface area (Å²) in [5.74, 6) is -0.895. The quantitative estimate of drug-likeness (QED) is 0.854. The number of rotatable bonds is 4. The van der Waals surface area contributed by atoms with Crippen molar-refractivity contribution in [2.45, 2.75) is 18.9 Å². The number of carbonyl (C=O) groups is 1. The molecule has 0 radical (unpaired) electrons. The summed E-state index contributed by atoms with van der Waals surface area (Å²) in [4.78, 5) is 12.1. The Morgan fingerprint density at radius 2 is 1.92 bits per heavy atom. The van der Waals surface area contributed by atoms with Crippen LogP contribution in [0, 0.1) is 5.82 Å². The van der Waals surface area contributed by atoms with E-state index in [1.165, 1.54) is 12.1 Å². The molecule has 2 aromatic rings. The van der Waals surface area contributed by atoms with Gasteiger partial charge in [-0.25, -0.2) is 4.39 Å². The van der Waals surface area contributed by atoms with E-state index in [1.807, 2.05) is 12.1 Å². The van der Waals surface area contributed by atoms with Gasteiger partial charge in [-0.15, -0.1) is 12.4 Å². The molecule has 128 valence electrons. The zero-order chi connectivity index (χ0) is 16.2. The average molecular weight is 369 g/mol. The first-order chi connectivity index (χ1) is 11.1. The first-order valence-corrected chi connectivity index (χ1v) is 8.08. The number of carbonyl (C=O) groups excluding carboxylic acids is 1. The van der Waals surface area contributed by atoms with Gasteiger partial charge in [0.05, 0.1) is 5.56 Å². The summed E-state index contributed by atoms with van der Waals surface area (Å²) in [6, 6.07) is 12.1. The van der Waals surface area contributed by atoms with E-state index in [0.29, 0.717) is 17.1 Å². The van der Waals surface area contributed by atoms with Gasteiger partial charge in [0.2, 0.25) is 0 Å². The van der Waals surface area contributed by atoms with Crippen LogP contribution in [0.2, 0.25) is 5.02 Å². The maximum atomic E-state index is 14.3. The second-order valence-corrected chi connectivity index (χ2v) is 6.14. The lowest BCUT2D eigenvalue weighted by Crippen LogP contribution is -2.37. The highest BCUT2D eigenvalue weighted by molar-refractivity contribution is 6.30. The van der Waals surface area contributed by atoms with Gasteiger partial charge in [0.15, 0.2) is 0 Å². The van der Waals surface area contributed by atoms with Gasteiger partial charge >= 0.3 is 0 Å². The molecular weight excluding hydrogens is 350 g/mol. The normalized spacial score (nSPS) is 16.5. The molecule has 1 unspecified atom stereocenters. The largest absolute Gasteiger partial charge is 0.350 e. The molecule has 0 bridgehead atoms. The summed E-state index contributed by atoms with van der Waals surface area (Å²) in [6.45, 7) is 1.50. The zero-order valence-electron chi connectivity index (χ0n) is 13.0. The highest BCUT2D eigenvalue weighted by Gasteiger charge is 2.17. The fourth-order valence-corrected chi connectivity index (χ4v) is 2.89. The van der Waals surface area contributed by atoms with Crippen molar-refractivity contribution in [1.82, 2.24) is 10.6 Å². The molecule has 24 heavy (non-hydrogen) atoms. The van der Waals surface area contributed by atoms with Crippen molar-refractivity contribution in [3.8, 4) is 11.1 Å². The van der Waals surface area contributed by atoms with E-state index in [4.69, 9.17) is 11.6 Å². The molecule has 1 heterocycles. The molecule has 1 aliphatic heterocycles. The van der Waals surface area contributed by atoms with Crippen LogP contribution in [0.3, 0.4) is 0 Å². The maximum Gasteiger partial charge on any atom is 0.254 e. The minimum atomic E-state index is -0.519. The molecule has 3 rings (SSSR count). The lowest BCUT2D eigenvalue weighted by atomic mass is 10.0. The fraction of sp³-hybridized carbons (Fsp3) is 0.278. The Balaban J connectivity index is 0.00000208. The van der Waals surface area contributed by atoms with Crippen LogP contribution in [0.15, 0.2) is 42.5 Å². The van der Waals surface area contributed by atoms with Crippen LogP contribution in [0.4, 0.5) is 4.39 Å². The second-order valence-electron chi connectivity index (χ2n) is 5.70. The number of hydrogen-bond donors (Lipinski definition) is 2. The van der Waals surface area contributed by atoms with Gasteiger partial charge in [-0.3, -0.25) is 4.79 Å². The first-order valence-electron chi connectivity index (χ1n) is 7.70. The Morgan fingerprint density at radius 1 is 1.21 bits per heavy atom. The van der Waals surface area contributed by atoms with Gasteiger partial charge in [-0.2, -0.15) is 0 Å². The highest BCUT2D eigenvalue weighted by atomic mass is 35.5. The SMILES string of the molecule is Cl.O=C(NCC1CCCN1)c1ccc(-c2ccc(Cl)cc2)cc1F. The second kappa shape index (κ2) is 8.47. The molecule has 2 N–H and O–H groups in total. The van der Waals surface area contributed by atoms with Crippen molar-refractivity contribution < 1.29 is 9.18 Å². The van der Waals surface area contributed by atoms with Crippen molar-refractivity contribution in [2.75, 3.05) is 13.1 Å². The van der Waals surface area contributed by atoms with Crippen LogP contribution < -0.4 is 10.6 Å². The standard InChI is InChI=1S/C18H18ClFN2O.ClH/c19-14-6-3-12(4-7-14)13-5-8-16(17(20)10-13)18(23)22-11-15-2-1-9-21-15;/h3-8,10,15,21H,1-2,9,11H2,(H,22,23);1H. The van der Waals surface area contributed by atoms with Gasteiger partial charge in [-0.1, -0.05) is 29.8 Å². The molecular formula is C18H19Cl2FN2O. The van der Waals surface area contributed by atoms with Crippen LogP contribution in [0.5, 0.6) is 0 Å². The predicted molar refractivity (Wildman–Crippen MR) is 97.5 cm³/mol. The molecule has 3 nitrogen and oxygen atoms in total. The Morgan fingerprint density at radius 3 is 2.54 bits per heavy atom. The van der Waals surface area contributed by atoms with Gasteiger partial charge in [0.1, 0.15) is 5.82 Å².